The maximum absolute atomic E-state index is 11.5. The molecule has 0 aliphatic carbocycles. The maximum Gasteiger partial charge on any atom is 0.344 e. The zero-order valence-electron chi connectivity index (χ0n) is 17.9. The molecule has 0 aliphatic rings. The lowest BCUT2D eigenvalue weighted by molar-refractivity contribution is -0.145. The summed E-state index contributed by atoms with van der Waals surface area (Å²) in [4.78, 5) is 11.5. The van der Waals surface area contributed by atoms with Crippen LogP contribution >= 0.6 is 0 Å². The van der Waals surface area contributed by atoms with Gasteiger partial charge in [0.2, 0.25) is 0 Å². The summed E-state index contributed by atoms with van der Waals surface area (Å²) in [6, 6.07) is 27.0. The summed E-state index contributed by atoms with van der Waals surface area (Å²) in [5.41, 5.74) is 7.25. The molecule has 0 spiro atoms. The van der Waals surface area contributed by atoms with E-state index >= 15 is 0 Å². The number of ether oxygens (including phenoxy) is 2. The molecule has 3 heteroatoms. The van der Waals surface area contributed by atoms with Gasteiger partial charge < -0.3 is 9.47 Å². The van der Waals surface area contributed by atoms with Crippen LogP contribution in [0, 0.1) is 6.92 Å². The maximum atomic E-state index is 11.5. The fourth-order valence-electron chi connectivity index (χ4n) is 3.46. The summed E-state index contributed by atoms with van der Waals surface area (Å²) in [5, 5.41) is 0. The summed E-state index contributed by atoms with van der Waals surface area (Å²) in [6.45, 7) is 6.33. The Kier molecular flexibility index (Phi) is 7.45. The van der Waals surface area contributed by atoms with Crippen LogP contribution in [-0.4, -0.2) is 19.2 Å². The monoisotopic (exact) mass is 400 g/mol. The number of esters is 1. The SMILES string of the molecule is CCOC(=O)COc1ccc(/C(=C(/CC)c2ccccc2)c2ccc(C)cc2)cc1. The van der Waals surface area contributed by atoms with Crippen LogP contribution in [0.15, 0.2) is 78.9 Å². The van der Waals surface area contributed by atoms with Gasteiger partial charge in [0.05, 0.1) is 6.61 Å². The molecule has 3 aromatic rings. The third kappa shape index (κ3) is 5.38. The van der Waals surface area contributed by atoms with E-state index in [4.69, 9.17) is 9.47 Å². The molecule has 3 rings (SSSR count). The molecular weight excluding hydrogens is 372 g/mol. The fraction of sp³-hybridized carbons (Fsp3) is 0.222. The highest BCUT2D eigenvalue weighted by Gasteiger charge is 2.13. The van der Waals surface area contributed by atoms with Gasteiger partial charge in [-0.15, -0.1) is 0 Å². The first-order valence-electron chi connectivity index (χ1n) is 10.4. The molecule has 0 saturated carbocycles. The Morgan fingerprint density at radius 1 is 0.767 bits per heavy atom. The second-order valence-electron chi connectivity index (χ2n) is 7.06. The molecule has 0 heterocycles. The predicted molar refractivity (Wildman–Crippen MR) is 122 cm³/mol. The molecule has 0 unspecified atom stereocenters. The van der Waals surface area contributed by atoms with Gasteiger partial charge in [0.25, 0.3) is 0 Å². The number of hydrogen-bond acceptors (Lipinski definition) is 3. The molecule has 3 aromatic carbocycles. The molecule has 0 aromatic heterocycles. The van der Waals surface area contributed by atoms with E-state index in [1.165, 1.54) is 27.8 Å². The quantitative estimate of drug-likeness (QED) is 0.328. The van der Waals surface area contributed by atoms with Crippen molar-refractivity contribution in [2.75, 3.05) is 13.2 Å². The van der Waals surface area contributed by atoms with Crippen molar-refractivity contribution in [2.45, 2.75) is 27.2 Å². The first-order chi connectivity index (χ1) is 14.6. The number of carbonyl (C=O) groups is 1. The highest BCUT2D eigenvalue weighted by Crippen LogP contribution is 2.35. The number of aryl methyl sites for hydroxylation is 1. The molecule has 0 saturated heterocycles. The Morgan fingerprint density at radius 3 is 1.93 bits per heavy atom. The van der Waals surface area contributed by atoms with Crippen molar-refractivity contribution in [2.24, 2.45) is 0 Å². The lowest BCUT2D eigenvalue weighted by atomic mass is 9.88. The summed E-state index contributed by atoms with van der Waals surface area (Å²) < 4.78 is 10.5. The smallest absolute Gasteiger partial charge is 0.344 e. The fourth-order valence-corrected chi connectivity index (χ4v) is 3.46. The summed E-state index contributed by atoms with van der Waals surface area (Å²) >= 11 is 0. The summed E-state index contributed by atoms with van der Waals surface area (Å²) in [7, 11) is 0. The normalized spacial score (nSPS) is 11.6. The van der Waals surface area contributed by atoms with Crippen LogP contribution in [0.3, 0.4) is 0 Å². The number of hydrogen-bond donors (Lipinski definition) is 0. The van der Waals surface area contributed by atoms with Gasteiger partial charge in [-0.3, -0.25) is 0 Å². The van der Waals surface area contributed by atoms with E-state index < -0.39 is 0 Å². The van der Waals surface area contributed by atoms with E-state index in [1.807, 2.05) is 30.3 Å². The van der Waals surface area contributed by atoms with Crippen LogP contribution in [0.2, 0.25) is 0 Å². The summed E-state index contributed by atoms with van der Waals surface area (Å²) in [5.74, 6) is 0.284. The molecule has 3 nitrogen and oxygen atoms in total. The van der Waals surface area contributed by atoms with Gasteiger partial charge in [0.15, 0.2) is 6.61 Å². The first-order valence-corrected chi connectivity index (χ1v) is 10.4. The zero-order valence-corrected chi connectivity index (χ0v) is 17.9. The van der Waals surface area contributed by atoms with Crippen LogP contribution < -0.4 is 4.74 Å². The van der Waals surface area contributed by atoms with E-state index in [2.05, 4.69) is 62.4 Å². The van der Waals surface area contributed by atoms with E-state index in [1.54, 1.807) is 6.92 Å². The average molecular weight is 401 g/mol. The minimum atomic E-state index is -0.362. The van der Waals surface area contributed by atoms with Gasteiger partial charge in [-0.05, 0) is 60.2 Å². The predicted octanol–water partition coefficient (Wildman–Crippen LogP) is 6.31. The Labute approximate surface area is 179 Å². The van der Waals surface area contributed by atoms with E-state index in [-0.39, 0.29) is 12.6 Å². The van der Waals surface area contributed by atoms with Crippen LogP contribution in [0.1, 0.15) is 42.5 Å². The summed E-state index contributed by atoms with van der Waals surface area (Å²) in [6.07, 6.45) is 0.911. The standard InChI is InChI=1S/C27H28O3/c1-4-25(21-9-7-6-8-10-21)27(22-13-11-20(3)12-14-22)23-15-17-24(18-16-23)30-19-26(28)29-5-2/h6-18H,4-5,19H2,1-3H3/b27-25-. The lowest BCUT2D eigenvalue weighted by Crippen LogP contribution is -2.14. The largest absolute Gasteiger partial charge is 0.482 e. The Bertz CT molecular complexity index is 985. The van der Waals surface area contributed by atoms with Crippen LogP contribution in [-0.2, 0) is 9.53 Å². The molecule has 30 heavy (non-hydrogen) atoms. The van der Waals surface area contributed by atoms with Crippen molar-refractivity contribution in [1.82, 2.24) is 0 Å². The van der Waals surface area contributed by atoms with E-state index in [0.29, 0.717) is 12.4 Å². The van der Waals surface area contributed by atoms with E-state index in [0.717, 1.165) is 12.0 Å². The molecule has 0 N–H and O–H groups in total. The van der Waals surface area contributed by atoms with E-state index in [9.17, 15) is 4.79 Å². The molecular formula is C27H28O3. The Balaban J connectivity index is 2.00. The Hall–Kier alpha value is -3.33. The topological polar surface area (TPSA) is 35.5 Å². The van der Waals surface area contributed by atoms with Gasteiger partial charge >= 0.3 is 5.97 Å². The van der Waals surface area contributed by atoms with Crippen molar-refractivity contribution in [3.8, 4) is 5.75 Å². The number of allylic oxidation sites excluding steroid dienone is 1. The number of benzene rings is 3. The van der Waals surface area contributed by atoms with Gasteiger partial charge in [0, 0.05) is 0 Å². The molecule has 0 aliphatic heterocycles. The minimum absolute atomic E-state index is 0.0852. The van der Waals surface area contributed by atoms with Gasteiger partial charge in [-0.25, -0.2) is 4.79 Å². The van der Waals surface area contributed by atoms with Crippen molar-refractivity contribution in [1.29, 1.82) is 0 Å². The van der Waals surface area contributed by atoms with Gasteiger partial charge in [-0.1, -0.05) is 79.2 Å². The lowest BCUT2D eigenvalue weighted by Gasteiger charge is -2.17. The second kappa shape index (κ2) is 10.4. The minimum Gasteiger partial charge on any atom is -0.482 e. The molecule has 0 amide bonds. The number of rotatable bonds is 8. The van der Waals surface area contributed by atoms with Gasteiger partial charge in [0.1, 0.15) is 5.75 Å². The van der Waals surface area contributed by atoms with Crippen LogP contribution in [0.25, 0.3) is 11.1 Å². The first kappa shape index (κ1) is 21.4. The molecule has 0 atom stereocenters. The molecule has 0 bridgehead atoms. The van der Waals surface area contributed by atoms with Crippen molar-refractivity contribution < 1.29 is 14.3 Å². The Morgan fingerprint density at radius 2 is 1.37 bits per heavy atom. The highest BCUT2D eigenvalue weighted by molar-refractivity contribution is 5.98. The van der Waals surface area contributed by atoms with Crippen molar-refractivity contribution in [3.05, 3.63) is 101 Å². The molecule has 0 fully saturated rings. The molecule has 154 valence electrons. The van der Waals surface area contributed by atoms with Crippen LogP contribution in [0.4, 0.5) is 0 Å². The van der Waals surface area contributed by atoms with Crippen molar-refractivity contribution in [3.63, 3.8) is 0 Å². The number of carbonyl (C=O) groups excluding carboxylic acids is 1. The zero-order chi connectivity index (χ0) is 21.3. The average Bonchev–Trinajstić information content (AvgIpc) is 2.78. The third-order valence-corrected chi connectivity index (χ3v) is 4.92. The highest BCUT2D eigenvalue weighted by atomic mass is 16.6. The third-order valence-electron chi connectivity index (χ3n) is 4.92. The van der Waals surface area contributed by atoms with Crippen LogP contribution in [0.5, 0.6) is 5.75 Å². The van der Waals surface area contributed by atoms with Gasteiger partial charge in [-0.2, -0.15) is 0 Å². The molecule has 0 radical (unpaired) electrons. The van der Waals surface area contributed by atoms with Crippen molar-refractivity contribution >= 4 is 17.1 Å². The second-order valence-corrected chi connectivity index (χ2v) is 7.06.